The van der Waals surface area contributed by atoms with Gasteiger partial charge in [0.15, 0.2) is 19.7 Å². The third-order valence-electron chi connectivity index (χ3n) is 5.13. The van der Waals surface area contributed by atoms with E-state index in [4.69, 9.17) is 0 Å². The van der Waals surface area contributed by atoms with Crippen LogP contribution in [-0.2, 0) is 19.7 Å². The Kier molecular flexibility index (Phi) is 7.08. The minimum atomic E-state index is -3.76. The minimum Gasteiger partial charge on any atom is -0.337 e. The molecule has 0 unspecified atom stereocenters. The third-order valence-corrected chi connectivity index (χ3v) is 7.31. The number of nitrogens with one attached hydrogen (secondary N) is 1. The number of amides is 3. The molecule has 1 aliphatic rings. The van der Waals surface area contributed by atoms with Crippen molar-refractivity contribution >= 4 is 37.3 Å². The average molecular weight is 498 g/mol. The van der Waals surface area contributed by atoms with Crippen LogP contribution in [0.25, 0.3) is 0 Å². The second-order valence-corrected chi connectivity index (χ2v) is 11.8. The Morgan fingerprint density at radius 2 is 1.42 bits per heavy atom. The molecule has 0 aliphatic carbocycles. The average Bonchev–Trinajstić information content (AvgIpc) is 2.98. The molecule has 1 saturated heterocycles. The van der Waals surface area contributed by atoms with Gasteiger partial charge in [0.05, 0.1) is 9.79 Å². The van der Waals surface area contributed by atoms with E-state index in [-0.39, 0.29) is 28.4 Å². The van der Waals surface area contributed by atoms with Crippen molar-refractivity contribution in [2.24, 2.45) is 0 Å². The number of hydrogen-bond donors (Lipinski definition) is 1. The van der Waals surface area contributed by atoms with Gasteiger partial charge in [-0.15, -0.1) is 0 Å². The molecule has 3 amide bonds. The van der Waals surface area contributed by atoms with E-state index in [0.717, 1.165) is 30.7 Å². The van der Waals surface area contributed by atoms with Crippen LogP contribution in [0.4, 0.5) is 14.9 Å². The summed E-state index contributed by atoms with van der Waals surface area (Å²) in [5, 5.41) is 2.61. The van der Waals surface area contributed by atoms with Crippen LogP contribution < -0.4 is 5.32 Å². The molecule has 3 rings (SSSR count). The Labute approximate surface area is 192 Å². The molecule has 9 nitrogen and oxygen atoms in total. The minimum absolute atomic E-state index is 0.0592. The Bertz CT molecular complexity index is 1240. The molecule has 1 N–H and O–H groups in total. The molecule has 1 fully saturated rings. The maximum absolute atomic E-state index is 13.3. The number of halogens is 1. The molecule has 12 heteroatoms. The van der Waals surface area contributed by atoms with Crippen LogP contribution in [-0.4, -0.2) is 77.3 Å². The molecule has 0 spiro atoms. The number of nitrogens with zero attached hydrogens (tertiary/aromatic N) is 2. The Morgan fingerprint density at radius 1 is 0.848 bits per heavy atom. The van der Waals surface area contributed by atoms with Crippen molar-refractivity contribution in [1.82, 2.24) is 9.80 Å². The van der Waals surface area contributed by atoms with E-state index in [9.17, 15) is 30.8 Å². The lowest BCUT2D eigenvalue weighted by Crippen LogP contribution is -2.39. The predicted octanol–water partition coefficient (Wildman–Crippen LogP) is 2.01. The standard InChI is InChI=1S/C21H24FN3O6S2/c1-32(28,29)18-11-15(12-19(14-18)33(2,30)31)20(26)24-7-4-8-25(10-9-24)21(27)23-17-6-3-5-16(22)13-17/h3,5-6,11-14H,4,7-10H2,1-2H3,(H,23,27). The Morgan fingerprint density at radius 3 is 2.00 bits per heavy atom. The van der Waals surface area contributed by atoms with Crippen molar-refractivity contribution in [3.63, 3.8) is 0 Å². The first-order valence-electron chi connectivity index (χ1n) is 10.0. The molecule has 0 bridgehead atoms. The predicted molar refractivity (Wildman–Crippen MR) is 120 cm³/mol. The monoisotopic (exact) mass is 497 g/mol. The fraction of sp³-hybridized carbons (Fsp3) is 0.333. The summed E-state index contributed by atoms with van der Waals surface area (Å²) >= 11 is 0. The molecule has 1 aliphatic heterocycles. The van der Waals surface area contributed by atoms with Crippen LogP contribution in [0.2, 0.25) is 0 Å². The normalized spacial score (nSPS) is 15.1. The summed E-state index contributed by atoms with van der Waals surface area (Å²) in [6.45, 7) is 0.993. The number of urea groups is 1. The van der Waals surface area contributed by atoms with Gasteiger partial charge in [-0.2, -0.15) is 0 Å². The molecule has 1 heterocycles. The zero-order valence-electron chi connectivity index (χ0n) is 18.1. The van der Waals surface area contributed by atoms with Crippen molar-refractivity contribution in [2.45, 2.75) is 16.2 Å². The van der Waals surface area contributed by atoms with Gasteiger partial charge in [0.1, 0.15) is 5.82 Å². The van der Waals surface area contributed by atoms with E-state index in [1.807, 2.05) is 0 Å². The van der Waals surface area contributed by atoms with Crippen LogP contribution in [0, 0.1) is 5.82 Å². The number of carbonyl (C=O) groups excluding carboxylic acids is 2. The number of hydrogen-bond acceptors (Lipinski definition) is 6. The summed E-state index contributed by atoms with van der Waals surface area (Å²) in [6, 6.07) is 8.40. The van der Waals surface area contributed by atoms with Crippen molar-refractivity contribution in [3.05, 3.63) is 53.8 Å². The lowest BCUT2D eigenvalue weighted by molar-refractivity contribution is 0.0762. The second-order valence-electron chi connectivity index (χ2n) is 7.81. The smallest absolute Gasteiger partial charge is 0.321 e. The molecule has 178 valence electrons. The highest BCUT2D eigenvalue weighted by atomic mass is 32.2. The third kappa shape index (κ3) is 6.29. The van der Waals surface area contributed by atoms with Crippen molar-refractivity contribution in [1.29, 1.82) is 0 Å². The van der Waals surface area contributed by atoms with Gasteiger partial charge < -0.3 is 15.1 Å². The van der Waals surface area contributed by atoms with Gasteiger partial charge in [-0.3, -0.25) is 4.79 Å². The lowest BCUT2D eigenvalue weighted by Gasteiger charge is -2.23. The SMILES string of the molecule is CS(=O)(=O)c1cc(C(=O)N2CCCN(C(=O)Nc3cccc(F)c3)CC2)cc(S(C)(=O)=O)c1. The largest absolute Gasteiger partial charge is 0.337 e. The molecule has 2 aromatic carbocycles. The molecule has 0 saturated carbocycles. The highest BCUT2D eigenvalue weighted by molar-refractivity contribution is 7.91. The first kappa shape index (κ1) is 24.6. The summed E-state index contributed by atoms with van der Waals surface area (Å²) in [7, 11) is -7.51. The highest BCUT2D eigenvalue weighted by Gasteiger charge is 2.25. The number of sulfone groups is 2. The van der Waals surface area contributed by atoms with E-state index in [2.05, 4.69) is 5.32 Å². The Balaban J connectivity index is 1.77. The number of anilines is 1. The molecular formula is C21H24FN3O6S2. The van der Waals surface area contributed by atoms with E-state index in [1.165, 1.54) is 28.0 Å². The van der Waals surface area contributed by atoms with Gasteiger partial charge in [0.25, 0.3) is 5.91 Å². The molecule has 0 aromatic heterocycles. The van der Waals surface area contributed by atoms with Gasteiger partial charge in [-0.1, -0.05) is 6.07 Å². The fourth-order valence-electron chi connectivity index (χ4n) is 3.40. The summed E-state index contributed by atoms with van der Waals surface area (Å²) in [5.74, 6) is -1.01. The van der Waals surface area contributed by atoms with Gasteiger partial charge in [-0.25, -0.2) is 26.0 Å². The summed E-state index contributed by atoms with van der Waals surface area (Å²) < 4.78 is 61.4. The summed E-state index contributed by atoms with van der Waals surface area (Å²) in [4.78, 5) is 28.0. The molecular weight excluding hydrogens is 473 g/mol. The zero-order valence-corrected chi connectivity index (χ0v) is 19.7. The molecule has 33 heavy (non-hydrogen) atoms. The van der Waals surface area contributed by atoms with Crippen LogP contribution in [0.5, 0.6) is 0 Å². The van der Waals surface area contributed by atoms with E-state index >= 15 is 0 Å². The summed E-state index contributed by atoms with van der Waals surface area (Å²) in [5.41, 5.74) is 0.249. The quantitative estimate of drug-likeness (QED) is 0.690. The number of carbonyl (C=O) groups is 2. The van der Waals surface area contributed by atoms with Crippen LogP contribution in [0.3, 0.4) is 0 Å². The fourth-order valence-corrected chi connectivity index (χ4v) is 4.84. The highest BCUT2D eigenvalue weighted by Crippen LogP contribution is 2.21. The van der Waals surface area contributed by atoms with Crippen LogP contribution in [0.15, 0.2) is 52.3 Å². The van der Waals surface area contributed by atoms with Crippen molar-refractivity contribution in [2.75, 3.05) is 44.0 Å². The second kappa shape index (κ2) is 9.48. The van der Waals surface area contributed by atoms with Crippen LogP contribution >= 0.6 is 0 Å². The van der Waals surface area contributed by atoms with Gasteiger partial charge >= 0.3 is 6.03 Å². The van der Waals surface area contributed by atoms with Crippen molar-refractivity contribution < 1.29 is 30.8 Å². The van der Waals surface area contributed by atoms with Gasteiger partial charge in [-0.05, 0) is 42.8 Å². The zero-order chi connectivity index (χ0) is 24.4. The maximum atomic E-state index is 13.3. The number of rotatable bonds is 4. The topological polar surface area (TPSA) is 121 Å². The van der Waals surface area contributed by atoms with Crippen LogP contribution in [0.1, 0.15) is 16.8 Å². The van der Waals surface area contributed by atoms with E-state index in [0.29, 0.717) is 25.2 Å². The van der Waals surface area contributed by atoms with E-state index < -0.39 is 37.4 Å². The first-order chi connectivity index (χ1) is 15.3. The molecule has 2 aromatic rings. The Hall–Kier alpha value is -2.99. The lowest BCUT2D eigenvalue weighted by atomic mass is 10.2. The first-order valence-corrected chi connectivity index (χ1v) is 13.8. The number of benzene rings is 2. The molecule has 0 atom stereocenters. The van der Waals surface area contributed by atoms with Gasteiger partial charge in [0.2, 0.25) is 0 Å². The van der Waals surface area contributed by atoms with Crippen molar-refractivity contribution in [3.8, 4) is 0 Å². The van der Waals surface area contributed by atoms with Gasteiger partial charge in [0, 0.05) is 49.9 Å². The van der Waals surface area contributed by atoms with E-state index in [1.54, 1.807) is 6.07 Å². The maximum Gasteiger partial charge on any atom is 0.321 e. The summed E-state index contributed by atoms with van der Waals surface area (Å²) in [6.07, 6.45) is 2.32. The molecule has 0 radical (unpaired) electrons.